The van der Waals surface area contributed by atoms with E-state index < -0.39 is 0 Å². The fourth-order valence-electron chi connectivity index (χ4n) is 3.17. The zero-order valence-corrected chi connectivity index (χ0v) is 18.8. The van der Waals surface area contributed by atoms with E-state index in [1.54, 1.807) is 42.5 Å². The van der Waals surface area contributed by atoms with Gasteiger partial charge in [-0.2, -0.15) is 0 Å². The van der Waals surface area contributed by atoms with Gasteiger partial charge in [-0.05, 0) is 67.9 Å². The molecule has 0 aliphatic heterocycles. The number of amides is 3. The average Bonchev–Trinajstić information content (AvgIpc) is 2.79. The van der Waals surface area contributed by atoms with Crippen molar-refractivity contribution in [3.8, 4) is 0 Å². The lowest BCUT2D eigenvalue weighted by molar-refractivity contribution is -0.116. The first-order chi connectivity index (χ1) is 15.9. The summed E-state index contributed by atoms with van der Waals surface area (Å²) in [5, 5.41) is 11.5. The van der Waals surface area contributed by atoms with Gasteiger partial charge in [0.05, 0.1) is 6.54 Å². The van der Waals surface area contributed by atoms with Crippen LogP contribution in [0.25, 0.3) is 0 Å². The number of nitrogens with one attached hydrogen (secondary N) is 4. The van der Waals surface area contributed by atoms with Crippen LogP contribution in [-0.2, 0) is 9.59 Å². The van der Waals surface area contributed by atoms with Crippen LogP contribution < -0.4 is 21.3 Å². The summed E-state index contributed by atoms with van der Waals surface area (Å²) >= 11 is 0. The van der Waals surface area contributed by atoms with Gasteiger partial charge in [-0.25, -0.2) is 0 Å². The topological polar surface area (TPSA) is 99.3 Å². The molecule has 0 aliphatic carbocycles. The third-order valence-electron chi connectivity index (χ3n) is 4.78. The minimum Gasteiger partial charge on any atom is -0.376 e. The molecule has 4 N–H and O–H groups in total. The summed E-state index contributed by atoms with van der Waals surface area (Å²) < 4.78 is 0. The van der Waals surface area contributed by atoms with Crippen molar-refractivity contribution in [1.82, 2.24) is 0 Å². The van der Waals surface area contributed by atoms with Gasteiger partial charge in [0.15, 0.2) is 0 Å². The number of carbonyl (C=O) groups is 3. The summed E-state index contributed by atoms with van der Waals surface area (Å²) in [6, 6.07) is 21.5. The van der Waals surface area contributed by atoms with E-state index in [0.29, 0.717) is 29.0 Å². The van der Waals surface area contributed by atoms with Crippen LogP contribution in [0.3, 0.4) is 0 Å². The Morgan fingerprint density at radius 3 is 2.03 bits per heavy atom. The van der Waals surface area contributed by atoms with Crippen LogP contribution in [0.4, 0.5) is 22.7 Å². The van der Waals surface area contributed by atoms with Crippen LogP contribution in [0.15, 0.2) is 72.8 Å². The Balaban J connectivity index is 1.49. The van der Waals surface area contributed by atoms with E-state index in [1.807, 2.05) is 44.2 Å². The molecule has 7 nitrogen and oxygen atoms in total. The molecule has 0 atom stereocenters. The molecule has 170 valence electrons. The normalized spacial score (nSPS) is 10.2. The Labute approximate surface area is 193 Å². The quantitative estimate of drug-likeness (QED) is 0.372. The Morgan fingerprint density at radius 1 is 0.697 bits per heavy atom. The van der Waals surface area contributed by atoms with Crippen molar-refractivity contribution in [2.24, 2.45) is 0 Å². The van der Waals surface area contributed by atoms with Crippen LogP contribution >= 0.6 is 0 Å². The minimum absolute atomic E-state index is 0.0362. The molecule has 0 heterocycles. The van der Waals surface area contributed by atoms with Crippen molar-refractivity contribution in [2.75, 3.05) is 27.8 Å². The highest BCUT2D eigenvalue weighted by molar-refractivity contribution is 6.04. The second kappa shape index (κ2) is 11.5. The number of hydrogen-bond donors (Lipinski definition) is 4. The molecule has 0 unspecified atom stereocenters. The van der Waals surface area contributed by atoms with Gasteiger partial charge in [-0.15, -0.1) is 0 Å². The first kappa shape index (κ1) is 23.5. The lowest BCUT2D eigenvalue weighted by Gasteiger charge is -2.11. The van der Waals surface area contributed by atoms with Gasteiger partial charge < -0.3 is 21.3 Å². The summed E-state index contributed by atoms with van der Waals surface area (Å²) in [5.74, 6) is -0.439. The van der Waals surface area contributed by atoms with Crippen LogP contribution in [0.5, 0.6) is 0 Å². The largest absolute Gasteiger partial charge is 0.376 e. The van der Waals surface area contributed by atoms with E-state index in [4.69, 9.17) is 0 Å². The Morgan fingerprint density at radius 2 is 1.33 bits per heavy atom. The summed E-state index contributed by atoms with van der Waals surface area (Å²) in [6.45, 7) is 3.95. The molecule has 0 saturated heterocycles. The van der Waals surface area contributed by atoms with Crippen LogP contribution in [0, 0.1) is 6.92 Å². The van der Waals surface area contributed by atoms with Crippen molar-refractivity contribution >= 4 is 40.5 Å². The van der Waals surface area contributed by atoms with E-state index in [1.165, 1.54) is 0 Å². The first-order valence-corrected chi connectivity index (χ1v) is 10.8. The maximum absolute atomic E-state index is 12.4. The molecule has 33 heavy (non-hydrogen) atoms. The number of carbonyl (C=O) groups excluding carboxylic acids is 3. The molecule has 3 aromatic rings. The maximum atomic E-state index is 12.4. The second-order valence-electron chi connectivity index (χ2n) is 7.68. The van der Waals surface area contributed by atoms with E-state index in [2.05, 4.69) is 21.3 Å². The van der Waals surface area contributed by atoms with E-state index in [-0.39, 0.29) is 24.3 Å². The average molecular weight is 445 g/mol. The molecule has 3 amide bonds. The van der Waals surface area contributed by atoms with Gasteiger partial charge >= 0.3 is 0 Å². The monoisotopic (exact) mass is 444 g/mol. The number of anilines is 4. The first-order valence-electron chi connectivity index (χ1n) is 10.8. The summed E-state index contributed by atoms with van der Waals surface area (Å²) in [5.41, 5.74) is 4.28. The predicted molar refractivity (Wildman–Crippen MR) is 133 cm³/mol. The minimum atomic E-state index is -0.216. The van der Waals surface area contributed by atoms with Crippen molar-refractivity contribution in [3.63, 3.8) is 0 Å². The molecular weight excluding hydrogens is 416 g/mol. The zero-order valence-electron chi connectivity index (χ0n) is 18.8. The fourth-order valence-corrected chi connectivity index (χ4v) is 3.17. The highest BCUT2D eigenvalue weighted by Crippen LogP contribution is 2.17. The third kappa shape index (κ3) is 7.50. The molecule has 0 fully saturated rings. The maximum Gasteiger partial charge on any atom is 0.255 e. The lowest BCUT2D eigenvalue weighted by atomic mass is 10.1. The summed E-state index contributed by atoms with van der Waals surface area (Å²) in [7, 11) is 0. The van der Waals surface area contributed by atoms with E-state index in [9.17, 15) is 14.4 Å². The van der Waals surface area contributed by atoms with Crippen molar-refractivity contribution in [2.45, 2.75) is 26.7 Å². The molecule has 3 aromatic carbocycles. The molecule has 0 bridgehead atoms. The summed E-state index contributed by atoms with van der Waals surface area (Å²) in [4.78, 5) is 36.4. The number of benzene rings is 3. The van der Waals surface area contributed by atoms with E-state index >= 15 is 0 Å². The predicted octanol–water partition coefficient (Wildman–Crippen LogP) is 5.04. The van der Waals surface area contributed by atoms with Gasteiger partial charge in [-0.3, -0.25) is 14.4 Å². The molecule has 3 rings (SSSR count). The van der Waals surface area contributed by atoms with Gasteiger partial charge in [0, 0.05) is 34.7 Å². The molecule has 0 spiro atoms. The number of rotatable bonds is 9. The molecule has 0 saturated carbocycles. The highest BCUT2D eigenvalue weighted by Gasteiger charge is 2.07. The standard InChI is InChI=1S/C26H28N4O3/c1-3-6-24(31)29-23-10-5-9-22(16-23)27-17-25(32)28-20-11-13-21(14-12-20)30-26(33)19-8-4-7-18(2)15-19/h4-5,7-16,27H,3,6,17H2,1-2H3,(H,28,32)(H,29,31)(H,30,33). The SMILES string of the molecule is CCCC(=O)Nc1cccc(NCC(=O)Nc2ccc(NC(=O)c3cccc(C)c3)cc2)c1. The number of aryl methyl sites for hydroxylation is 1. The van der Waals surface area contributed by atoms with Crippen LogP contribution in [-0.4, -0.2) is 24.3 Å². The van der Waals surface area contributed by atoms with Crippen LogP contribution in [0.1, 0.15) is 35.7 Å². The van der Waals surface area contributed by atoms with Gasteiger partial charge in [0.25, 0.3) is 5.91 Å². The summed E-state index contributed by atoms with van der Waals surface area (Å²) in [6.07, 6.45) is 1.25. The highest BCUT2D eigenvalue weighted by atomic mass is 16.2. The fraction of sp³-hybridized carbons (Fsp3) is 0.192. The van der Waals surface area contributed by atoms with Crippen molar-refractivity contribution in [3.05, 3.63) is 83.9 Å². The third-order valence-corrected chi connectivity index (χ3v) is 4.78. The zero-order chi connectivity index (χ0) is 23.6. The molecule has 7 heteroatoms. The Hall–Kier alpha value is -4.13. The molecule has 0 radical (unpaired) electrons. The molecular formula is C26H28N4O3. The second-order valence-corrected chi connectivity index (χ2v) is 7.68. The molecule has 0 aromatic heterocycles. The lowest BCUT2D eigenvalue weighted by Crippen LogP contribution is -2.21. The van der Waals surface area contributed by atoms with Crippen molar-refractivity contribution in [1.29, 1.82) is 0 Å². The van der Waals surface area contributed by atoms with Crippen LogP contribution in [0.2, 0.25) is 0 Å². The van der Waals surface area contributed by atoms with Gasteiger partial charge in [0.1, 0.15) is 0 Å². The number of hydrogen-bond acceptors (Lipinski definition) is 4. The molecule has 0 aliphatic rings. The smallest absolute Gasteiger partial charge is 0.255 e. The van der Waals surface area contributed by atoms with Gasteiger partial charge in [0.2, 0.25) is 11.8 Å². The van der Waals surface area contributed by atoms with E-state index in [0.717, 1.165) is 17.7 Å². The Bertz CT molecular complexity index is 1130. The Kier molecular flexibility index (Phi) is 8.18. The van der Waals surface area contributed by atoms with Gasteiger partial charge in [-0.1, -0.05) is 30.7 Å². The van der Waals surface area contributed by atoms with Crippen molar-refractivity contribution < 1.29 is 14.4 Å².